The smallest absolute Gasteiger partial charge is 0.0917 e. The van der Waals surface area contributed by atoms with Gasteiger partial charge in [0.2, 0.25) is 0 Å². The molecular formula is C5H12N+. The minimum absolute atomic E-state index is 0.472. The van der Waals surface area contributed by atoms with E-state index in [1.54, 1.807) is 0 Å². The maximum absolute atomic E-state index is 3.98. The lowest BCUT2D eigenvalue weighted by Crippen LogP contribution is -2.74. The standard InChI is InChI=1S/C5H11N/c1-5(6)3-2-4-5/h2-4,6H2,1H3/p+1. The third kappa shape index (κ3) is 0.548. The Morgan fingerprint density at radius 3 is 1.83 bits per heavy atom. The summed E-state index contributed by atoms with van der Waals surface area (Å²) in [6, 6.07) is 0. The molecule has 1 rings (SSSR count). The Balaban J connectivity index is 2.31. The van der Waals surface area contributed by atoms with Gasteiger partial charge >= 0.3 is 0 Å². The first-order valence-corrected chi connectivity index (χ1v) is 2.56. The van der Waals surface area contributed by atoms with E-state index < -0.39 is 0 Å². The minimum atomic E-state index is 0.472. The molecule has 1 aliphatic carbocycles. The first-order chi connectivity index (χ1) is 2.71. The van der Waals surface area contributed by atoms with E-state index in [1.807, 2.05) is 0 Å². The van der Waals surface area contributed by atoms with Gasteiger partial charge in [-0.15, -0.1) is 0 Å². The lowest BCUT2D eigenvalue weighted by Gasteiger charge is -2.29. The van der Waals surface area contributed by atoms with Crippen LogP contribution in [-0.2, 0) is 0 Å². The number of hydrogen-bond acceptors (Lipinski definition) is 0. The van der Waals surface area contributed by atoms with Crippen molar-refractivity contribution < 1.29 is 5.73 Å². The van der Waals surface area contributed by atoms with Gasteiger partial charge in [-0.25, -0.2) is 0 Å². The summed E-state index contributed by atoms with van der Waals surface area (Å²) >= 11 is 0. The normalized spacial score (nSPS) is 29.0. The summed E-state index contributed by atoms with van der Waals surface area (Å²) in [5.41, 5.74) is 4.45. The first-order valence-electron chi connectivity index (χ1n) is 2.56. The van der Waals surface area contributed by atoms with Crippen LogP contribution in [0.25, 0.3) is 0 Å². The Labute approximate surface area is 38.5 Å². The third-order valence-electron chi connectivity index (χ3n) is 1.56. The molecule has 0 aromatic heterocycles. The molecule has 0 aromatic rings. The molecule has 1 aliphatic rings. The fraction of sp³-hybridized carbons (Fsp3) is 1.00. The SMILES string of the molecule is CC1([NH3+])CCC1. The molecule has 0 atom stereocenters. The molecule has 0 radical (unpaired) electrons. The summed E-state index contributed by atoms with van der Waals surface area (Å²) in [5, 5.41) is 0. The molecule has 1 nitrogen and oxygen atoms in total. The predicted octanol–water partition coefficient (Wildman–Crippen LogP) is 0.171. The quantitative estimate of drug-likeness (QED) is 0.435. The topological polar surface area (TPSA) is 27.6 Å². The van der Waals surface area contributed by atoms with E-state index in [2.05, 4.69) is 12.7 Å². The Morgan fingerprint density at radius 2 is 1.83 bits per heavy atom. The van der Waals surface area contributed by atoms with Crippen molar-refractivity contribution in [3.63, 3.8) is 0 Å². The lowest BCUT2D eigenvalue weighted by molar-refractivity contribution is -0.492. The summed E-state index contributed by atoms with van der Waals surface area (Å²) in [7, 11) is 0. The van der Waals surface area contributed by atoms with E-state index in [9.17, 15) is 0 Å². The Kier molecular flexibility index (Phi) is 0.667. The molecule has 0 spiro atoms. The molecule has 1 fully saturated rings. The maximum atomic E-state index is 3.98. The van der Waals surface area contributed by atoms with Gasteiger partial charge in [-0.3, -0.25) is 0 Å². The van der Waals surface area contributed by atoms with Gasteiger partial charge in [-0.2, -0.15) is 0 Å². The van der Waals surface area contributed by atoms with Crippen LogP contribution in [0.2, 0.25) is 0 Å². The van der Waals surface area contributed by atoms with Crippen LogP contribution < -0.4 is 5.73 Å². The highest BCUT2D eigenvalue weighted by atomic mass is 14.7. The molecule has 3 N–H and O–H groups in total. The molecule has 0 bridgehead atoms. The molecule has 0 unspecified atom stereocenters. The zero-order chi connectivity index (χ0) is 4.62. The largest absolute Gasteiger partial charge is 0.353 e. The van der Waals surface area contributed by atoms with Crippen molar-refractivity contribution in [3.05, 3.63) is 0 Å². The van der Waals surface area contributed by atoms with Gasteiger partial charge < -0.3 is 5.73 Å². The zero-order valence-corrected chi connectivity index (χ0v) is 4.33. The summed E-state index contributed by atoms with van der Waals surface area (Å²) in [6.07, 6.45) is 4.08. The zero-order valence-electron chi connectivity index (χ0n) is 4.33. The van der Waals surface area contributed by atoms with Crippen molar-refractivity contribution in [3.8, 4) is 0 Å². The molecule has 0 heterocycles. The molecule has 6 heavy (non-hydrogen) atoms. The van der Waals surface area contributed by atoms with Crippen LogP contribution in [0.5, 0.6) is 0 Å². The minimum Gasteiger partial charge on any atom is -0.353 e. The van der Waals surface area contributed by atoms with Gasteiger partial charge in [0.05, 0.1) is 5.54 Å². The predicted molar refractivity (Wildman–Crippen MR) is 25.1 cm³/mol. The molecule has 1 saturated carbocycles. The van der Waals surface area contributed by atoms with E-state index in [1.165, 1.54) is 19.3 Å². The van der Waals surface area contributed by atoms with Gasteiger partial charge in [-0.05, 0) is 13.3 Å². The Morgan fingerprint density at radius 1 is 1.50 bits per heavy atom. The summed E-state index contributed by atoms with van der Waals surface area (Å²) in [5.74, 6) is 0. The Bertz CT molecular complexity index is 51.0. The van der Waals surface area contributed by atoms with Crippen LogP contribution >= 0.6 is 0 Å². The monoisotopic (exact) mass is 86.1 g/mol. The van der Waals surface area contributed by atoms with Crippen molar-refractivity contribution >= 4 is 0 Å². The first kappa shape index (κ1) is 4.13. The summed E-state index contributed by atoms with van der Waals surface area (Å²) < 4.78 is 0. The summed E-state index contributed by atoms with van der Waals surface area (Å²) in [4.78, 5) is 0. The molecule has 0 amide bonds. The third-order valence-corrected chi connectivity index (χ3v) is 1.56. The number of hydrogen-bond donors (Lipinski definition) is 1. The molecule has 0 aliphatic heterocycles. The van der Waals surface area contributed by atoms with E-state index >= 15 is 0 Å². The highest BCUT2D eigenvalue weighted by molar-refractivity contribution is 4.79. The molecule has 36 valence electrons. The van der Waals surface area contributed by atoms with Crippen molar-refractivity contribution in [2.45, 2.75) is 31.7 Å². The Hall–Kier alpha value is -0.0400. The van der Waals surface area contributed by atoms with Crippen molar-refractivity contribution in [2.24, 2.45) is 0 Å². The highest BCUT2D eigenvalue weighted by Crippen LogP contribution is 2.25. The van der Waals surface area contributed by atoms with E-state index in [4.69, 9.17) is 0 Å². The van der Waals surface area contributed by atoms with Crippen LogP contribution in [-0.4, -0.2) is 5.54 Å². The number of quaternary nitrogens is 1. The van der Waals surface area contributed by atoms with Crippen LogP contribution in [0.1, 0.15) is 26.2 Å². The van der Waals surface area contributed by atoms with E-state index in [0.29, 0.717) is 5.54 Å². The van der Waals surface area contributed by atoms with Gasteiger partial charge in [0, 0.05) is 12.8 Å². The van der Waals surface area contributed by atoms with Gasteiger partial charge in [-0.1, -0.05) is 0 Å². The summed E-state index contributed by atoms with van der Waals surface area (Å²) in [6.45, 7) is 2.22. The molecule has 0 saturated heterocycles. The second kappa shape index (κ2) is 0.969. The average Bonchev–Trinajstić information content (AvgIpc) is 1.32. The second-order valence-electron chi connectivity index (χ2n) is 2.66. The van der Waals surface area contributed by atoms with Gasteiger partial charge in [0.25, 0.3) is 0 Å². The number of rotatable bonds is 0. The van der Waals surface area contributed by atoms with Crippen molar-refractivity contribution in [2.75, 3.05) is 0 Å². The highest BCUT2D eigenvalue weighted by Gasteiger charge is 2.30. The van der Waals surface area contributed by atoms with E-state index in [-0.39, 0.29) is 0 Å². The van der Waals surface area contributed by atoms with Crippen LogP contribution in [0.15, 0.2) is 0 Å². The van der Waals surface area contributed by atoms with Crippen LogP contribution in [0.3, 0.4) is 0 Å². The van der Waals surface area contributed by atoms with Crippen molar-refractivity contribution in [1.29, 1.82) is 0 Å². The molecule has 1 heteroatoms. The van der Waals surface area contributed by atoms with Gasteiger partial charge in [0.15, 0.2) is 0 Å². The maximum Gasteiger partial charge on any atom is 0.0917 e. The van der Waals surface area contributed by atoms with Gasteiger partial charge in [0.1, 0.15) is 0 Å². The fourth-order valence-electron chi connectivity index (χ4n) is 0.780. The average molecular weight is 86.2 g/mol. The molecule has 0 aromatic carbocycles. The molecular weight excluding hydrogens is 74.1 g/mol. The van der Waals surface area contributed by atoms with Crippen LogP contribution in [0.4, 0.5) is 0 Å². The second-order valence-corrected chi connectivity index (χ2v) is 2.66. The van der Waals surface area contributed by atoms with Crippen molar-refractivity contribution in [1.82, 2.24) is 0 Å². The lowest BCUT2D eigenvalue weighted by atomic mass is 9.80. The fourth-order valence-corrected chi connectivity index (χ4v) is 0.780. The van der Waals surface area contributed by atoms with Crippen LogP contribution in [0, 0.1) is 0 Å². The van der Waals surface area contributed by atoms with E-state index in [0.717, 1.165) is 0 Å².